The highest BCUT2D eigenvalue weighted by Gasteiger charge is 1.96. The molecule has 3 nitrogen and oxygen atoms in total. The minimum atomic E-state index is 0.511. The first-order chi connectivity index (χ1) is 6.84. The smallest absolute Gasteiger partial charge is 0.238 e. The normalized spacial score (nSPS) is 9.79. The van der Waals surface area contributed by atoms with Gasteiger partial charge in [0.05, 0.1) is 0 Å². The fourth-order valence-electron chi connectivity index (χ4n) is 1.07. The molecule has 0 aliphatic carbocycles. The van der Waals surface area contributed by atoms with E-state index in [0.717, 1.165) is 5.75 Å². The van der Waals surface area contributed by atoms with Gasteiger partial charge < -0.3 is 4.74 Å². The Labute approximate surface area is 82.4 Å². The first kappa shape index (κ1) is 8.69. The first-order valence-electron chi connectivity index (χ1n) is 4.37. The van der Waals surface area contributed by atoms with Gasteiger partial charge in [-0.25, -0.2) is 0 Å². The van der Waals surface area contributed by atoms with E-state index >= 15 is 0 Å². The lowest BCUT2D eigenvalue weighted by Gasteiger charge is -2.02. The van der Waals surface area contributed by atoms with Gasteiger partial charge in [-0.15, -0.1) is 5.10 Å². The fourth-order valence-corrected chi connectivity index (χ4v) is 1.07. The number of rotatable bonds is 2. The summed E-state index contributed by atoms with van der Waals surface area (Å²) in [4.78, 5) is 0. The molecular formula is C11H10N2O. The molecular weight excluding hydrogens is 176 g/mol. The molecule has 0 bridgehead atoms. The van der Waals surface area contributed by atoms with Crippen LogP contribution in [0.1, 0.15) is 5.56 Å². The molecule has 0 unspecified atom stereocenters. The topological polar surface area (TPSA) is 35.0 Å². The third-order valence-electron chi connectivity index (χ3n) is 1.79. The van der Waals surface area contributed by atoms with E-state index in [-0.39, 0.29) is 0 Å². The standard InChI is InChI=1S/C11H10N2O/c1-9-4-6-10(7-5-9)14-11-3-2-8-12-13-11/h2-8H,1H3. The van der Waals surface area contributed by atoms with Crippen molar-refractivity contribution in [2.24, 2.45) is 0 Å². The zero-order valence-electron chi connectivity index (χ0n) is 7.84. The summed E-state index contributed by atoms with van der Waals surface area (Å²) in [6.07, 6.45) is 1.61. The van der Waals surface area contributed by atoms with Gasteiger partial charge in [0, 0.05) is 12.3 Å². The first-order valence-corrected chi connectivity index (χ1v) is 4.37. The number of aromatic nitrogens is 2. The van der Waals surface area contributed by atoms with Crippen LogP contribution in [-0.4, -0.2) is 10.2 Å². The van der Waals surface area contributed by atoms with Crippen molar-refractivity contribution in [2.75, 3.05) is 0 Å². The molecule has 0 atom stereocenters. The predicted molar refractivity (Wildman–Crippen MR) is 53.3 cm³/mol. The highest BCUT2D eigenvalue weighted by molar-refractivity contribution is 5.29. The van der Waals surface area contributed by atoms with Gasteiger partial charge >= 0.3 is 0 Å². The lowest BCUT2D eigenvalue weighted by Crippen LogP contribution is -1.88. The molecule has 1 aromatic carbocycles. The zero-order valence-corrected chi connectivity index (χ0v) is 7.84. The molecule has 0 aliphatic rings. The minimum Gasteiger partial charge on any atom is -0.438 e. The van der Waals surface area contributed by atoms with Crippen molar-refractivity contribution in [3.05, 3.63) is 48.2 Å². The molecule has 2 aromatic rings. The van der Waals surface area contributed by atoms with E-state index in [0.29, 0.717) is 5.88 Å². The monoisotopic (exact) mass is 186 g/mol. The maximum atomic E-state index is 5.46. The van der Waals surface area contributed by atoms with Gasteiger partial charge in [0.1, 0.15) is 5.75 Å². The van der Waals surface area contributed by atoms with Crippen molar-refractivity contribution in [2.45, 2.75) is 6.92 Å². The van der Waals surface area contributed by atoms with Crippen LogP contribution in [-0.2, 0) is 0 Å². The van der Waals surface area contributed by atoms with Gasteiger partial charge in [-0.3, -0.25) is 0 Å². The van der Waals surface area contributed by atoms with Crippen molar-refractivity contribution in [1.82, 2.24) is 10.2 Å². The summed E-state index contributed by atoms with van der Waals surface area (Å²) < 4.78 is 5.46. The molecule has 1 heterocycles. The van der Waals surface area contributed by atoms with E-state index in [1.807, 2.05) is 31.2 Å². The Bertz CT molecular complexity index is 397. The zero-order chi connectivity index (χ0) is 9.80. The summed E-state index contributed by atoms with van der Waals surface area (Å²) in [5.41, 5.74) is 1.21. The van der Waals surface area contributed by atoms with E-state index in [1.165, 1.54) is 5.56 Å². The van der Waals surface area contributed by atoms with Gasteiger partial charge in [-0.05, 0) is 25.1 Å². The second kappa shape index (κ2) is 3.87. The molecule has 70 valence electrons. The van der Waals surface area contributed by atoms with E-state index in [2.05, 4.69) is 10.2 Å². The average Bonchev–Trinajstić information content (AvgIpc) is 2.23. The number of benzene rings is 1. The molecule has 14 heavy (non-hydrogen) atoms. The lowest BCUT2D eigenvalue weighted by molar-refractivity contribution is 0.455. The average molecular weight is 186 g/mol. The van der Waals surface area contributed by atoms with Crippen LogP contribution in [0.2, 0.25) is 0 Å². The predicted octanol–water partition coefficient (Wildman–Crippen LogP) is 2.58. The maximum absolute atomic E-state index is 5.46. The van der Waals surface area contributed by atoms with Crippen LogP contribution in [0.3, 0.4) is 0 Å². The maximum Gasteiger partial charge on any atom is 0.238 e. The van der Waals surface area contributed by atoms with Gasteiger partial charge in [0.2, 0.25) is 5.88 Å². The Morgan fingerprint density at radius 1 is 1.07 bits per heavy atom. The highest BCUT2D eigenvalue weighted by atomic mass is 16.5. The van der Waals surface area contributed by atoms with E-state index in [1.54, 1.807) is 18.3 Å². The molecule has 0 N–H and O–H groups in total. The Morgan fingerprint density at radius 2 is 1.86 bits per heavy atom. The Kier molecular flexibility index (Phi) is 2.40. The quantitative estimate of drug-likeness (QED) is 0.723. The second-order valence-electron chi connectivity index (χ2n) is 2.98. The second-order valence-corrected chi connectivity index (χ2v) is 2.98. The van der Waals surface area contributed by atoms with Crippen LogP contribution in [0.15, 0.2) is 42.6 Å². The molecule has 0 saturated carbocycles. The summed E-state index contributed by atoms with van der Waals surface area (Å²) in [6.45, 7) is 2.03. The molecule has 0 spiro atoms. The Balaban J connectivity index is 2.16. The molecule has 1 aromatic heterocycles. The number of hydrogen-bond donors (Lipinski definition) is 0. The van der Waals surface area contributed by atoms with Crippen LogP contribution >= 0.6 is 0 Å². The summed E-state index contributed by atoms with van der Waals surface area (Å²) >= 11 is 0. The van der Waals surface area contributed by atoms with Gasteiger partial charge in [0.25, 0.3) is 0 Å². The number of ether oxygens (including phenoxy) is 1. The van der Waals surface area contributed by atoms with Gasteiger partial charge in [0.15, 0.2) is 0 Å². The molecule has 0 fully saturated rings. The van der Waals surface area contributed by atoms with Crippen LogP contribution in [0.4, 0.5) is 0 Å². The largest absolute Gasteiger partial charge is 0.438 e. The summed E-state index contributed by atoms with van der Waals surface area (Å²) in [6, 6.07) is 11.4. The van der Waals surface area contributed by atoms with Crippen molar-refractivity contribution in [3.8, 4) is 11.6 Å². The van der Waals surface area contributed by atoms with Crippen molar-refractivity contribution >= 4 is 0 Å². The van der Waals surface area contributed by atoms with Gasteiger partial charge in [-0.1, -0.05) is 17.7 Å². The number of nitrogens with zero attached hydrogens (tertiary/aromatic N) is 2. The van der Waals surface area contributed by atoms with Gasteiger partial charge in [-0.2, -0.15) is 5.10 Å². The summed E-state index contributed by atoms with van der Waals surface area (Å²) in [7, 11) is 0. The van der Waals surface area contributed by atoms with Crippen molar-refractivity contribution in [3.63, 3.8) is 0 Å². The fraction of sp³-hybridized carbons (Fsp3) is 0.0909. The van der Waals surface area contributed by atoms with Crippen molar-refractivity contribution in [1.29, 1.82) is 0 Å². The van der Waals surface area contributed by atoms with Crippen LogP contribution in [0.5, 0.6) is 11.6 Å². The van der Waals surface area contributed by atoms with E-state index in [4.69, 9.17) is 4.74 Å². The molecule has 3 heteroatoms. The van der Waals surface area contributed by atoms with Crippen molar-refractivity contribution < 1.29 is 4.74 Å². The lowest BCUT2D eigenvalue weighted by atomic mass is 10.2. The molecule has 0 saturated heterocycles. The third kappa shape index (κ3) is 2.07. The SMILES string of the molecule is Cc1ccc(Oc2cccnn2)cc1. The number of aryl methyl sites for hydroxylation is 1. The number of hydrogen-bond acceptors (Lipinski definition) is 3. The Morgan fingerprint density at radius 3 is 2.50 bits per heavy atom. The minimum absolute atomic E-state index is 0.511. The highest BCUT2D eigenvalue weighted by Crippen LogP contribution is 2.18. The molecule has 2 rings (SSSR count). The molecule has 0 radical (unpaired) electrons. The summed E-state index contributed by atoms with van der Waals surface area (Å²) in [5.74, 6) is 1.28. The van der Waals surface area contributed by atoms with Crippen LogP contribution < -0.4 is 4.74 Å². The van der Waals surface area contributed by atoms with E-state index < -0.39 is 0 Å². The van der Waals surface area contributed by atoms with Crippen LogP contribution in [0, 0.1) is 6.92 Å². The van der Waals surface area contributed by atoms with E-state index in [9.17, 15) is 0 Å². The van der Waals surface area contributed by atoms with Crippen LogP contribution in [0.25, 0.3) is 0 Å². The molecule has 0 aliphatic heterocycles. The third-order valence-corrected chi connectivity index (χ3v) is 1.79. The Hall–Kier alpha value is -1.90. The summed E-state index contributed by atoms with van der Waals surface area (Å²) in [5, 5.41) is 7.55. The molecule has 0 amide bonds.